The lowest BCUT2D eigenvalue weighted by Gasteiger charge is -2.12. The highest BCUT2D eigenvalue weighted by Crippen LogP contribution is 2.22. The predicted octanol–water partition coefficient (Wildman–Crippen LogP) is 3.66. The lowest BCUT2D eigenvalue weighted by molar-refractivity contribution is -0.143. The monoisotopic (exact) mass is 437 g/mol. The van der Waals surface area contributed by atoms with E-state index in [9.17, 15) is 13.2 Å². The van der Waals surface area contributed by atoms with Gasteiger partial charge in [-0.05, 0) is 61.4 Å². The molecule has 0 aromatic heterocycles. The van der Waals surface area contributed by atoms with Crippen molar-refractivity contribution in [1.82, 2.24) is 4.31 Å². The number of ether oxygens (including phenoxy) is 2. The summed E-state index contributed by atoms with van der Waals surface area (Å²) in [6.07, 6.45) is 0.328. The highest BCUT2D eigenvalue weighted by Gasteiger charge is 2.16. The van der Waals surface area contributed by atoms with Crippen LogP contribution in [-0.4, -0.2) is 51.8 Å². The third-order valence-electron chi connectivity index (χ3n) is 4.27. The molecule has 0 unspecified atom stereocenters. The van der Waals surface area contributed by atoms with E-state index in [-0.39, 0.29) is 24.1 Å². The number of nitrogens with zero attached hydrogens (tertiary/aromatic N) is 1. The lowest BCUT2D eigenvalue weighted by atomic mass is 10.1. The van der Waals surface area contributed by atoms with Gasteiger partial charge in [0, 0.05) is 24.7 Å². The van der Waals surface area contributed by atoms with E-state index in [0.29, 0.717) is 17.9 Å². The van der Waals surface area contributed by atoms with Crippen LogP contribution in [0.15, 0.2) is 52.3 Å². The number of hydrogen-bond acceptors (Lipinski definition) is 6. The molecule has 2 aromatic carbocycles. The molecule has 2 rings (SSSR count). The molecule has 0 radical (unpaired) electrons. The molecule has 29 heavy (non-hydrogen) atoms. The minimum absolute atomic E-state index is 0.144. The maximum absolute atomic E-state index is 12.0. The second kappa shape index (κ2) is 10.7. The number of thioether (sulfide) groups is 1. The van der Waals surface area contributed by atoms with Gasteiger partial charge in [0.15, 0.2) is 0 Å². The standard InChI is InChI=1S/C21H27NO5S2/c1-16-5-8-19(15-17(16)2)28-14-11-21(23)27-13-12-26-18-6-9-20(10-7-18)29(24,25)22(3)4/h5-10,15H,11-14H2,1-4H3. The highest BCUT2D eigenvalue weighted by atomic mass is 32.2. The van der Waals surface area contributed by atoms with Crippen LogP contribution in [0.3, 0.4) is 0 Å². The van der Waals surface area contributed by atoms with Gasteiger partial charge >= 0.3 is 5.97 Å². The number of esters is 1. The number of rotatable bonds is 10. The van der Waals surface area contributed by atoms with Gasteiger partial charge in [0.1, 0.15) is 19.0 Å². The van der Waals surface area contributed by atoms with Crippen molar-refractivity contribution in [2.24, 2.45) is 0 Å². The van der Waals surface area contributed by atoms with Crippen LogP contribution >= 0.6 is 11.8 Å². The molecule has 0 atom stereocenters. The average molecular weight is 438 g/mol. The minimum atomic E-state index is -3.46. The second-order valence-electron chi connectivity index (χ2n) is 6.67. The first kappa shape index (κ1) is 23.3. The van der Waals surface area contributed by atoms with Crippen LogP contribution in [0.4, 0.5) is 0 Å². The van der Waals surface area contributed by atoms with Gasteiger partial charge in [-0.3, -0.25) is 4.79 Å². The highest BCUT2D eigenvalue weighted by molar-refractivity contribution is 7.99. The summed E-state index contributed by atoms with van der Waals surface area (Å²) in [7, 11) is -0.496. The summed E-state index contributed by atoms with van der Waals surface area (Å²) in [6, 6.07) is 12.4. The number of sulfonamides is 1. The van der Waals surface area contributed by atoms with Crippen molar-refractivity contribution >= 4 is 27.8 Å². The molecule has 0 heterocycles. The number of carbonyl (C=O) groups is 1. The van der Waals surface area contributed by atoms with E-state index in [2.05, 4.69) is 32.0 Å². The predicted molar refractivity (Wildman–Crippen MR) is 115 cm³/mol. The molecular formula is C21H27NO5S2. The Kier molecular flexibility index (Phi) is 8.55. The fourth-order valence-electron chi connectivity index (χ4n) is 2.36. The Morgan fingerprint density at radius 1 is 1.00 bits per heavy atom. The van der Waals surface area contributed by atoms with Crippen LogP contribution in [0, 0.1) is 13.8 Å². The summed E-state index contributed by atoms with van der Waals surface area (Å²) in [5, 5.41) is 0. The van der Waals surface area contributed by atoms with Crippen molar-refractivity contribution in [2.45, 2.75) is 30.1 Å². The lowest BCUT2D eigenvalue weighted by Crippen LogP contribution is -2.22. The SMILES string of the molecule is Cc1ccc(SCCC(=O)OCCOc2ccc(S(=O)(=O)N(C)C)cc2)cc1C. The molecular weight excluding hydrogens is 410 g/mol. The summed E-state index contributed by atoms with van der Waals surface area (Å²) in [5.41, 5.74) is 2.49. The molecule has 0 aliphatic carbocycles. The van der Waals surface area contributed by atoms with Crippen LogP contribution in [0.5, 0.6) is 5.75 Å². The topological polar surface area (TPSA) is 72.9 Å². The van der Waals surface area contributed by atoms with Crippen molar-refractivity contribution in [3.05, 3.63) is 53.6 Å². The molecule has 2 aromatic rings. The van der Waals surface area contributed by atoms with Crippen molar-refractivity contribution in [3.63, 3.8) is 0 Å². The normalized spacial score (nSPS) is 11.5. The first-order valence-electron chi connectivity index (χ1n) is 9.21. The first-order valence-corrected chi connectivity index (χ1v) is 11.6. The summed E-state index contributed by atoms with van der Waals surface area (Å²) < 4.78 is 35.8. The van der Waals surface area contributed by atoms with E-state index in [1.54, 1.807) is 23.9 Å². The molecule has 0 bridgehead atoms. The first-order chi connectivity index (χ1) is 13.7. The Hall–Kier alpha value is -2.03. The molecule has 0 N–H and O–H groups in total. The molecule has 0 saturated heterocycles. The molecule has 158 valence electrons. The molecule has 0 aliphatic heterocycles. The zero-order chi connectivity index (χ0) is 21.4. The van der Waals surface area contributed by atoms with Crippen molar-refractivity contribution in [3.8, 4) is 5.75 Å². The number of benzene rings is 2. The summed E-state index contributed by atoms with van der Waals surface area (Å²) in [6.45, 7) is 4.49. The van der Waals surface area contributed by atoms with Crippen LogP contribution in [0.1, 0.15) is 17.5 Å². The van der Waals surface area contributed by atoms with Crippen LogP contribution in [0.2, 0.25) is 0 Å². The van der Waals surface area contributed by atoms with Gasteiger partial charge in [-0.15, -0.1) is 11.8 Å². The van der Waals surface area contributed by atoms with E-state index in [1.807, 2.05) is 0 Å². The van der Waals surface area contributed by atoms with Crippen LogP contribution in [-0.2, 0) is 19.6 Å². The van der Waals surface area contributed by atoms with E-state index in [0.717, 1.165) is 9.20 Å². The zero-order valence-electron chi connectivity index (χ0n) is 17.2. The van der Waals surface area contributed by atoms with Crippen LogP contribution in [0.25, 0.3) is 0 Å². The van der Waals surface area contributed by atoms with Gasteiger partial charge in [0.05, 0.1) is 11.3 Å². The number of carbonyl (C=O) groups excluding carboxylic acids is 1. The van der Waals surface area contributed by atoms with Crippen molar-refractivity contribution in [2.75, 3.05) is 33.1 Å². The van der Waals surface area contributed by atoms with Crippen molar-refractivity contribution < 1.29 is 22.7 Å². The second-order valence-corrected chi connectivity index (χ2v) is 9.99. The van der Waals surface area contributed by atoms with Crippen molar-refractivity contribution in [1.29, 1.82) is 0 Å². The number of aryl methyl sites for hydroxylation is 2. The quantitative estimate of drug-likeness (QED) is 0.321. The van der Waals surface area contributed by atoms with E-state index in [1.165, 1.54) is 37.4 Å². The average Bonchev–Trinajstić information content (AvgIpc) is 2.68. The Balaban J connectivity index is 1.67. The molecule has 0 saturated carbocycles. The Morgan fingerprint density at radius 3 is 2.31 bits per heavy atom. The molecule has 6 nitrogen and oxygen atoms in total. The summed E-state index contributed by atoms with van der Waals surface area (Å²) in [4.78, 5) is 13.2. The molecule has 0 spiro atoms. The Bertz CT molecular complexity index is 925. The molecule has 8 heteroatoms. The number of hydrogen-bond donors (Lipinski definition) is 0. The van der Waals surface area contributed by atoms with Gasteiger partial charge < -0.3 is 9.47 Å². The maximum Gasteiger partial charge on any atom is 0.306 e. The van der Waals surface area contributed by atoms with Gasteiger partial charge in [-0.25, -0.2) is 12.7 Å². The third kappa shape index (κ3) is 7.06. The van der Waals surface area contributed by atoms with Crippen LogP contribution < -0.4 is 4.74 Å². The van der Waals surface area contributed by atoms with Gasteiger partial charge in [-0.1, -0.05) is 6.07 Å². The minimum Gasteiger partial charge on any atom is -0.490 e. The van der Waals surface area contributed by atoms with Gasteiger partial charge in [0.25, 0.3) is 0 Å². The van der Waals surface area contributed by atoms with E-state index < -0.39 is 10.0 Å². The Morgan fingerprint density at radius 2 is 1.69 bits per heavy atom. The zero-order valence-corrected chi connectivity index (χ0v) is 18.8. The van der Waals surface area contributed by atoms with E-state index in [4.69, 9.17) is 9.47 Å². The smallest absolute Gasteiger partial charge is 0.306 e. The van der Waals surface area contributed by atoms with E-state index >= 15 is 0 Å². The molecule has 0 amide bonds. The third-order valence-corrected chi connectivity index (χ3v) is 7.10. The summed E-state index contributed by atoms with van der Waals surface area (Å²) in [5.74, 6) is 0.908. The summed E-state index contributed by atoms with van der Waals surface area (Å²) >= 11 is 1.63. The molecule has 0 fully saturated rings. The fourth-order valence-corrected chi connectivity index (χ4v) is 4.19. The Labute approximate surface area is 177 Å². The molecule has 0 aliphatic rings. The fraction of sp³-hybridized carbons (Fsp3) is 0.381. The van der Waals surface area contributed by atoms with Gasteiger partial charge in [0.2, 0.25) is 10.0 Å². The largest absolute Gasteiger partial charge is 0.490 e. The maximum atomic E-state index is 12.0. The van der Waals surface area contributed by atoms with Gasteiger partial charge in [-0.2, -0.15) is 0 Å².